The first-order chi connectivity index (χ1) is 12.8. The molecule has 3 rings (SSSR count). The second-order valence-corrected chi connectivity index (χ2v) is 7.05. The third kappa shape index (κ3) is 3.86. The number of aryl methyl sites for hydroxylation is 2. The van der Waals surface area contributed by atoms with Crippen LogP contribution in [0.3, 0.4) is 0 Å². The molecule has 2 unspecified atom stereocenters. The SMILES string of the molecule is Cc1ccc(C(=O)CC2CCC(c3ccc(C)c(F)c3F)CO2)c(O)c1F. The van der Waals surface area contributed by atoms with Crippen molar-refractivity contribution in [1.29, 1.82) is 0 Å². The van der Waals surface area contributed by atoms with E-state index in [9.17, 15) is 23.1 Å². The highest BCUT2D eigenvalue weighted by molar-refractivity contribution is 5.99. The maximum Gasteiger partial charge on any atom is 0.169 e. The average Bonchev–Trinajstić information content (AvgIpc) is 2.65. The van der Waals surface area contributed by atoms with Crippen LogP contribution in [-0.2, 0) is 4.74 Å². The Hall–Kier alpha value is -2.34. The van der Waals surface area contributed by atoms with Gasteiger partial charge in [0.05, 0.1) is 18.3 Å². The van der Waals surface area contributed by atoms with E-state index in [0.29, 0.717) is 12.8 Å². The number of ether oxygens (including phenoxy) is 1. The monoisotopic (exact) mass is 378 g/mol. The van der Waals surface area contributed by atoms with Crippen LogP contribution in [0.5, 0.6) is 5.75 Å². The number of halogens is 3. The van der Waals surface area contributed by atoms with E-state index in [-0.39, 0.29) is 41.2 Å². The van der Waals surface area contributed by atoms with Crippen LogP contribution in [0.2, 0.25) is 0 Å². The number of phenols is 1. The number of hydrogen-bond acceptors (Lipinski definition) is 3. The summed E-state index contributed by atoms with van der Waals surface area (Å²) in [5, 5.41) is 9.83. The topological polar surface area (TPSA) is 46.5 Å². The lowest BCUT2D eigenvalue weighted by Crippen LogP contribution is -2.27. The maximum absolute atomic E-state index is 14.1. The number of Topliss-reactive ketones (excluding diaryl/α,β-unsaturated/α-hetero) is 1. The zero-order valence-electron chi connectivity index (χ0n) is 15.2. The van der Waals surface area contributed by atoms with Crippen molar-refractivity contribution in [1.82, 2.24) is 0 Å². The number of carbonyl (C=O) groups excluding carboxylic acids is 1. The van der Waals surface area contributed by atoms with Crippen molar-refractivity contribution in [3.63, 3.8) is 0 Å². The Morgan fingerprint density at radius 3 is 2.37 bits per heavy atom. The molecule has 1 aliphatic rings. The number of hydrogen-bond donors (Lipinski definition) is 1. The molecule has 27 heavy (non-hydrogen) atoms. The highest BCUT2D eigenvalue weighted by atomic mass is 19.2. The van der Waals surface area contributed by atoms with Crippen LogP contribution in [0.25, 0.3) is 0 Å². The Kier molecular flexibility index (Phi) is 5.56. The van der Waals surface area contributed by atoms with Crippen LogP contribution < -0.4 is 0 Å². The molecule has 1 aliphatic heterocycles. The Labute approximate surface area is 155 Å². The first-order valence-electron chi connectivity index (χ1n) is 8.87. The molecule has 1 N–H and O–H groups in total. The molecule has 1 fully saturated rings. The number of carbonyl (C=O) groups is 1. The molecular weight excluding hydrogens is 357 g/mol. The highest BCUT2D eigenvalue weighted by Gasteiger charge is 2.28. The Balaban J connectivity index is 1.64. The van der Waals surface area contributed by atoms with Crippen LogP contribution in [0.15, 0.2) is 24.3 Å². The minimum atomic E-state index is -0.849. The van der Waals surface area contributed by atoms with Gasteiger partial charge in [-0.2, -0.15) is 0 Å². The molecule has 2 atom stereocenters. The van der Waals surface area contributed by atoms with Gasteiger partial charge in [-0.3, -0.25) is 4.79 Å². The van der Waals surface area contributed by atoms with E-state index in [1.807, 2.05) is 0 Å². The number of phenolic OH excluding ortho intramolecular Hbond substituents is 1. The van der Waals surface area contributed by atoms with Crippen molar-refractivity contribution >= 4 is 5.78 Å². The van der Waals surface area contributed by atoms with Crippen molar-refractivity contribution in [2.24, 2.45) is 0 Å². The number of aromatic hydroxyl groups is 1. The quantitative estimate of drug-likeness (QED) is 0.765. The predicted molar refractivity (Wildman–Crippen MR) is 94.6 cm³/mol. The van der Waals surface area contributed by atoms with Crippen molar-refractivity contribution in [3.05, 3.63) is 64.0 Å². The molecule has 2 aromatic rings. The van der Waals surface area contributed by atoms with Crippen LogP contribution in [-0.4, -0.2) is 23.6 Å². The standard InChI is InChI=1S/C21H21F3O3/c1-11-3-7-15(20(24)18(11)22)13-5-6-14(27-10-13)9-17(25)16-8-4-12(2)19(23)21(16)26/h3-4,7-8,13-14,26H,5-6,9-10H2,1-2H3. The van der Waals surface area contributed by atoms with Gasteiger partial charge in [-0.05, 0) is 49.4 Å². The number of benzene rings is 2. The summed E-state index contributed by atoms with van der Waals surface area (Å²) >= 11 is 0. The van der Waals surface area contributed by atoms with Crippen LogP contribution >= 0.6 is 0 Å². The first-order valence-corrected chi connectivity index (χ1v) is 8.87. The Morgan fingerprint density at radius 2 is 1.70 bits per heavy atom. The van der Waals surface area contributed by atoms with E-state index in [0.717, 1.165) is 0 Å². The third-order valence-corrected chi connectivity index (χ3v) is 5.14. The lowest BCUT2D eigenvalue weighted by atomic mass is 9.88. The van der Waals surface area contributed by atoms with E-state index in [2.05, 4.69) is 0 Å². The fourth-order valence-electron chi connectivity index (χ4n) is 3.40. The lowest BCUT2D eigenvalue weighted by molar-refractivity contribution is 0.000889. The fraction of sp³-hybridized carbons (Fsp3) is 0.381. The summed E-state index contributed by atoms with van der Waals surface area (Å²) in [7, 11) is 0. The van der Waals surface area contributed by atoms with Gasteiger partial charge < -0.3 is 9.84 Å². The molecule has 6 heteroatoms. The normalized spacial score (nSPS) is 19.9. The van der Waals surface area contributed by atoms with E-state index < -0.39 is 35.1 Å². The number of rotatable bonds is 4. The van der Waals surface area contributed by atoms with Gasteiger partial charge in [-0.15, -0.1) is 0 Å². The second-order valence-electron chi connectivity index (χ2n) is 7.05. The fourth-order valence-corrected chi connectivity index (χ4v) is 3.40. The van der Waals surface area contributed by atoms with Crippen molar-refractivity contribution < 1.29 is 27.8 Å². The van der Waals surface area contributed by atoms with Crippen LogP contribution in [0, 0.1) is 31.3 Å². The minimum absolute atomic E-state index is 0.00643. The molecule has 0 saturated carbocycles. The van der Waals surface area contributed by atoms with E-state index in [1.165, 1.54) is 32.0 Å². The summed E-state index contributed by atoms with van der Waals surface area (Å²) in [4.78, 5) is 12.4. The largest absolute Gasteiger partial charge is 0.504 e. The summed E-state index contributed by atoms with van der Waals surface area (Å²) in [6.45, 7) is 3.18. The van der Waals surface area contributed by atoms with Crippen molar-refractivity contribution in [2.45, 2.75) is 45.1 Å². The molecule has 1 heterocycles. The first kappa shape index (κ1) is 19.4. The number of ketones is 1. The van der Waals surface area contributed by atoms with E-state index in [4.69, 9.17) is 4.74 Å². The maximum atomic E-state index is 14.1. The Morgan fingerprint density at radius 1 is 1.04 bits per heavy atom. The summed E-state index contributed by atoms with van der Waals surface area (Å²) in [5.41, 5.74) is 0.714. The molecular formula is C21H21F3O3. The molecule has 1 saturated heterocycles. The van der Waals surface area contributed by atoms with Gasteiger partial charge >= 0.3 is 0 Å². The van der Waals surface area contributed by atoms with Gasteiger partial charge in [0.2, 0.25) is 0 Å². The molecule has 0 bridgehead atoms. The van der Waals surface area contributed by atoms with Gasteiger partial charge in [-0.25, -0.2) is 13.2 Å². The molecule has 3 nitrogen and oxygen atoms in total. The van der Waals surface area contributed by atoms with Gasteiger partial charge in [0.25, 0.3) is 0 Å². The summed E-state index contributed by atoms with van der Waals surface area (Å²) in [6.07, 6.45) is 0.621. The zero-order chi connectivity index (χ0) is 19.7. The van der Waals surface area contributed by atoms with E-state index in [1.54, 1.807) is 6.07 Å². The van der Waals surface area contributed by atoms with E-state index >= 15 is 0 Å². The van der Waals surface area contributed by atoms with Crippen molar-refractivity contribution in [3.8, 4) is 5.75 Å². The van der Waals surface area contributed by atoms with Crippen LogP contribution in [0.4, 0.5) is 13.2 Å². The van der Waals surface area contributed by atoms with Gasteiger partial charge in [0.15, 0.2) is 29.0 Å². The smallest absolute Gasteiger partial charge is 0.169 e. The molecule has 0 radical (unpaired) electrons. The lowest BCUT2D eigenvalue weighted by Gasteiger charge is -2.29. The second kappa shape index (κ2) is 7.72. The van der Waals surface area contributed by atoms with Gasteiger partial charge in [0.1, 0.15) is 0 Å². The molecule has 0 aliphatic carbocycles. The van der Waals surface area contributed by atoms with Crippen LogP contribution in [0.1, 0.15) is 52.2 Å². The zero-order valence-corrected chi connectivity index (χ0v) is 15.2. The Bertz CT molecular complexity index is 871. The molecule has 144 valence electrons. The predicted octanol–water partition coefficient (Wildman–Crippen LogP) is 4.96. The van der Waals surface area contributed by atoms with Gasteiger partial charge in [0, 0.05) is 12.3 Å². The molecule has 0 spiro atoms. The molecule has 2 aromatic carbocycles. The average molecular weight is 378 g/mol. The minimum Gasteiger partial charge on any atom is -0.504 e. The molecule has 0 aromatic heterocycles. The highest BCUT2D eigenvalue weighted by Crippen LogP contribution is 2.33. The summed E-state index contributed by atoms with van der Waals surface area (Å²) in [5.74, 6) is -3.84. The van der Waals surface area contributed by atoms with Gasteiger partial charge in [-0.1, -0.05) is 18.2 Å². The van der Waals surface area contributed by atoms with Crippen molar-refractivity contribution in [2.75, 3.05) is 6.61 Å². The third-order valence-electron chi connectivity index (χ3n) is 5.14. The summed E-state index contributed by atoms with van der Waals surface area (Å²) < 4.78 is 47.3. The molecule has 0 amide bonds. The summed E-state index contributed by atoms with van der Waals surface area (Å²) in [6, 6.07) is 5.94.